The van der Waals surface area contributed by atoms with Crippen LogP contribution in [0.25, 0.3) is 0 Å². The smallest absolute Gasteiger partial charge is 0.234 e. The van der Waals surface area contributed by atoms with Crippen LogP contribution in [0.3, 0.4) is 0 Å². The van der Waals surface area contributed by atoms with E-state index in [4.69, 9.17) is 5.73 Å². The van der Waals surface area contributed by atoms with Crippen LogP contribution in [0.15, 0.2) is 35.7 Å². The number of aryl methyl sites for hydroxylation is 1. The Labute approximate surface area is 109 Å². The number of benzene rings is 1. The first-order chi connectivity index (χ1) is 8.65. The molecule has 0 bridgehead atoms. The predicted molar refractivity (Wildman–Crippen MR) is 73.5 cm³/mol. The van der Waals surface area contributed by atoms with E-state index >= 15 is 0 Å². The SMILES string of the molecule is Cc1ccc(NC(=O)CSc2ncc[nH]2)c(N)c1. The average molecular weight is 262 g/mol. The van der Waals surface area contributed by atoms with Crippen molar-refractivity contribution >= 4 is 29.0 Å². The molecule has 0 aliphatic carbocycles. The third kappa shape index (κ3) is 3.27. The van der Waals surface area contributed by atoms with Crippen LogP contribution in [0.4, 0.5) is 11.4 Å². The van der Waals surface area contributed by atoms with Gasteiger partial charge in [-0.15, -0.1) is 0 Å². The van der Waals surface area contributed by atoms with Crippen molar-refractivity contribution in [1.29, 1.82) is 0 Å². The number of nitrogens with one attached hydrogen (secondary N) is 2. The number of carbonyl (C=O) groups excluding carboxylic acids is 1. The molecule has 1 aromatic heterocycles. The van der Waals surface area contributed by atoms with Gasteiger partial charge >= 0.3 is 0 Å². The van der Waals surface area contributed by atoms with Gasteiger partial charge in [-0.2, -0.15) is 0 Å². The van der Waals surface area contributed by atoms with Crippen LogP contribution in [0.1, 0.15) is 5.56 Å². The van der Waals surface area contributed by atoms with Crippen molar-refractivity contribution in [1.82, 2.24) is 9.97 Å². The summed E-state index contributed by atoms with van der Waals surface area (Å²) in [7, 11) is 0. The Kier molecular flexibility index (Phi) is 3.88. The van der Waals surface area contributed by atoms with Crippen molar-refractivity contribution in [3.63, 3.8) is 0 Å². The molecule has 1 aromatic carbocycles. The van der Waals surface area contributed by atoms with Gasteiger partial charge in [0, 0.05) is 12.4 Å². The number of imidazole rings is 1. The third-order valence-electron chi connectivity index (χ3n) is 2.29. The largest absolute Gasteiger partial charge is 0.397 e. The maximum absolute atomic E-state index is 11.7. The van der Waals surface area contributed by atoms with Crippen LogP contribution in [0, 0.1) is 6.92 Å². The zero-order chi connectivity index (χ0) is 13.0. The monoisotopic (exact) mass is 262 g/mol. The van der Waals surface area contributed by atoms with Gasteiger partial charge in [0.15, 0.2) is 5.16 Å². The van der Waals surface area contributed by atoms with Crippen molar-refractivity contribution in [2.24, 2.45) is 0 Å². The first-order valence-corrected chi connectivity index (χ1v) is 6.42. The van der Waals surface area contributed by atoms with Crippen LogP contribution < -0.4 is 11.1 Å². The normalized spacial score (nSPS) is 10.3. The highest BCUT2D eigenvalue weighted by atomic mass is 32.2. The van der Waals surface area contributed by atoms with Gasteiger partial charge in [-0.1, -0.05) is 17.8 Å². The molecule has 0 spiro atoms. The van der Waals surface area contributed by atoms with Crippen LogP contribution in [0.5, 0.6) is 0 Å². The van der Waals surface area contributed by atoms with E-state index in [0.29, 0.717) is 17.1 Å². The molecule has 6 heteroatoms. The van der Waals surface area contributed by atoms with E-state index in [9.17, 15) is 4.79 Å². The number of nitrogens with two attached hydrogens (primary N) is 1. The number of carbonyl (C=O) groups is 1. The molecule has 1 amide bonds. The minimum atomic E-state index is -0.105. The minimum absolute atomic E-state index is 0.105. The molecule has 18 heavy (non-hydrogen) atoms. The molecule has 0 radical (unpaired) electrons. The molecule has 1 heterocycles. The fourth-order valence-corrected chi connectivity index (χ4v) is 2.07. The lowest BCUT2D eigenvalue weighted by atomic mass is 10.2. The van der Waals surface area contributed by atoms with Gasteiger partial charge in [0.1, 0.15) is 0 Å². The molecule has 0 fully saturated rings. The van der Waals surface area contributed by atoms with E-state index in [1.54, 1.807) is 18.5 Å². The highest BCUT2D eigenvalue weighted by molar-refractivity contribution is 7.99. The molecule has 2 aromatic rings. The number of H-pyrrole nitrogens is 1. The zero-order valence-corrected chi connectivity index (χ0v) is 10.8. The quantitative estimate of drug-likeness (QED) is 0.581. The predicted octanol–water partition coefficient (Wildman–Crippen LogP) is 2.03. The molecule has 0 unspecified atom stereocenters. The summed E-state index contributed by atoms with van der Waals surface area (Å²) in [4.78, 5) is 18.7. The summed E-state index contributed by atoms with van der Waals surface area (Å²) in [6.45, 7) is 1.95. The van der Waals surface area contributed by atoms with Crippen molar-refractivity contribution in [3.8, 4) is 0 Å². The van der Waals surface area contributed by atoms with Crippen LogP contribution in [0.2, 0.25) is 0 Å². The highest BCUT2D eigenvalue weighted by Gasteiger charge is 2.07. The molecular weight excluding hydrogens is 248 g/mol. The van der Waals surface area contributed by atoms with E-state index in [0.717, 1.165) is 10.7 Å². The first kappa shape index (κ1) is 12.5. The van der Waals surface area contributed by atoms with Gasteiger partial charge in [-0.25, -0.2) is 4.98 Å². The molecule has 0 aliphatic rings. The number of hydrogen-bond donors (Lipinski definition) is 3. The van der Waals surface area contributed by atoms with Gasteiger partial charge in [-0.05, 0) is 24.6 Å². The summed E-state index contributed by atoms with van der Waals surface area (Å²) >= 11 is 1.34. The standard InChI is InChI=1S/C12H14N4OS/c1-8-2-3-10(9(13)6-8)16-11(17)7-18-12-14-4-5-15-12/h2-6H,7,13H2,1H3,(H,14,15)(H,16,17). The Hall–Kier alpha value is -1.95. The summed E-state index contributed by atoms with van der Waals surface area (Å²) in [6.07, 6.45) is 3.37. The Bertz CT molecular complexity index is 539. The maximum Gasteiger partial charge on any atom is 0.234 e. The number of thioether (sulfide) groups is 1. The third-order valence-corrected chi connectivity index (χ3v) is 3.20. The fourth-order valence-electron chi connectivity index (χ4n) is 1.45. The van der Waals surface area contributed by atoms with E-state index in [2.05, 4.69) is 15.3 Å². The molecule has 4 N–H and O–H groups in total. The van der Waals surface area contributed by atoms with Crippen molar-refractivity contribution in [3.05, 3.63) is 36.2 Å². The van der Waals surface area contributed by atoms with Crippen LogP contribution in [-0.4, -0.2) is 21.6 Å². The average Bonchev–Trinajstić information content (AvgIpc) is 2.83. The Morgan fingerprint density at radius 3 is 3.06 bits per heavy atom. The molecule has 0 atom stereocenters. The van der Waals surface area contributed by atoms with Crippen molar-refractivity contribution in [2.45, 2.75) is 12.1 Å². The van der Waals surface area contributed by atoms with Gasteiger partial charge < -0.3 is 16.0 Å². The minimum Gasteiger partial charge on any atom is -0.397 e. The molecule has 2 rings (SSSR count). The van der Waals surface area contributed by atoms with Crippen molar-refractivity contribution in [2.75, 3.05) is 16.8 Å². The van der Waals surface area contributed by atoms with E-state index in [1.165, 1.54) is 11.8 Å². The van der Waals surface area contributed by atoms with Crippen LogP contribution in [-0.2, 0) is 4.79 Å². The van der Waals surface area contributed by atoms with Gasteiger partial charge in [0.2, 0.25) is 5.91 Å². The summed E-state index contributed by atoms with van der Waals surface area (Å²) in [5, 5.41) is 3.50. The molecule has 0 saturated carbocycles. The summed E-state index contributed by atoms with van der Waals surface area (Å²) < 4.78 is 0. The van der Waals surface area contributed by atoms with E-state index < -0.39 is 0 Å². The topological polar surface area (TPSA) is 83.8 Å². The lowest BCUT2D eigenvalue weighted by Crippen LogP contribution is -2.15. The van der Waals surface area contributed by atoms with Crippen molar-refractivity contribution < 1.29 is 4.79 Å². The van der Waals surface area contributed by atoms with Crippen LogP contribution >= 0.6 is 11.8 Å². The molecular formula is C12H14N4OS. The number of hydrogen-bond acceptors (Lipinski definition) is 4. The van der Waals surface area contributed by atoms with Gasteiger partial charge in [0.05, 0.1) is 17.1 Å². The lowest BCUT2D eigenvalue weighted by molar-refractivity contribution is -0.113. The maximum atomic E-state index is 11.7. The Morgan fingerprint density at radius 1 is 1.56 bits per heavy atom. The van der Waals surface area contributed by atoms with E-state index in [1.807, 2.05) is 19.1 Å². The second-order valence-electron chi connectivity index (χ2n) is 3.82. The number of rotatable bonds is 4. The molecule has 94 valence electrons. The van der Waals surface area contributed by atoms with E-state index in [-0.39, 0.29) is 5.91 Å². The molecule has 0 aliphatic heterocycles. The second-order valence-corrected chi connectivity index (χ2v) is 4.79. The number of aromatic amines is 1. The second kappa shape index (κ2) is 5.59. The Balaban J connectivity index is 1.91. The number of nitrogen functional groups attached to an aromatic ring is 1. The summed E-state index contributed by atoms with van der Waals surface area (Å²) in [5.74, 6) is 0.188. The van der Waals surface area contributed by atoms with Gasteiger partial charge in [-0.3, -0.25) is 4.79 Å². The number of aromatic nitrogens is 2. The number of amides is 1. The van der Waals surface area contributed by atoms with Gasteiger partial charge in [0.25, 0.3) is 0 Å². The highest BCUT2D eigenvalue weighted by Crippen LogP contribution is 2.20. The number of anilines is 2. The fraction of sp³-hybridized carbons (Fsp3) is 0.167. The first-order valence-electron chi connectivity index (χ1n) is 5.43. The summed E-state index contributed by atoms with van der Waals surface area (Å²) in [6, 6.07) is 5.54. The Morgan fingerprint density at radius 2 is 2.39 bits per heavy atom. The zero-order valence-electron chi connectivity index (χ0n) is 9.93. The summed E-state index contributed by atoms with van der Waals surface area (Å²) in [5.41, 5.74) is 8.11. The lowest BCUT2D eigenvalue weighted by Gasteiger charge is -2.08. The molecule has 5 nitrogen and oxygen atoms in total. The number of nitrogens with zero attached hydrogens (tertiary/aromatic N) is 1. The molecule has 0 saturated heterocycles.